The van der Waals surface area contributed by atoms with Gasteiger partial charge < -0.3 is 13.8 Å². The second-order valence-corrected chi connectivity index (χ2v) is 4.40. The maximum Gasteiger partial charge on any atom is 0.133 e. The fourth-order valence-corrected chi connectivity index (χ4v) is 1.55. The molecular formula is C12H18ClNO2. The average Bonchev–Trinajstić information content (AvgIpc) is 2.19. The summed E-state index contributed by atoms with van der Waals surface area (Å²) in [5.41, 5.74) is 1.32. The summed E-state index contributed by atoms with van der Waals surface area (Å²) in [5, 5.41) is 0. The molecule has 0 aliphatic heterocycles. The molecule has 0 saturated carbocycles. The van der Waals surface area contributed by atoms with Crippen LogP contribution in [0.25, 0.3) is 0 Å². The molecule has 3 nitrogen and oxygen atoms in total. The summed E-state index contributed by atoms with van der Waals surface area (Å²) < 4.78 is 17.4. The SMILES string of the molecule is C=CC(c1ccccc1)[N+](C)(C)C.[O-][Cl+][O-]. The van der Waals surface area contributed by atoms with Crippen molar-refractivity contribution in [2.75, 3.05) is 21.1 Å². The number of nitrogens with zero attached hydrogens (tertiary/aromatic N) is 1. The lowest BCUT2D eigenvalue weighted by molar-refractivity contribution is -1.41. The molecule has 1 aromatic carbocycles. The predicted octanol–water partition coefficient (Wildman–Crippen LogP) is 0.242. The number of benzene rings is 1. The van der Waals surface area contributed by atoms with Crippen LogP contribution in [0, 0.1) is 11.3 Å². The molecule has 1 rings (SSSR count). The number of hydrogen-bond acceptors (Lipinski definition) is 2. The van der Waals surface area contributed by atoms with Crippen LogP contribution >= 0.6 is 0 Å². The minimum Gasteiger partial charge on any atom is -0.544 e. The van der Waals surface area contributed by atoms with Crippen LogP contribution in [-0.2, 0) is 0 Å². The second-order valence-electron chi connectivity index (χ2n) is 4.27. The van der Waals surface area contributed by atoms with E-state index in [1.807, 2.05) is 12.1 Å². The van der Waals surface area contributed by atoms with Crippen molar-refractivity contribution in [3.63, 3.8) is 0 Å². The van der Waals surface area contributed by atoms with E-state index < -0.39 is 11.3 Å². The summed E-state index contributed by atoms with van der Waals surface area (Å²) in [6.07, 6.45) is 2.01. The van der Waals surface area contributed by atoms with Crippen molar-refractivity contribution in [3.05, 3.63) is 48.6 Å². The van der Waals surface area contributed by atoms with Crippen molar-refractivity contribution in [1.82, 2.24) is 0 Å². The number of halogens is 1. The van der Waals surface area contributed by atoms with Gasteiger partial charge in [0, 0.05) is 5.56 Å². The molecule has 0 spiro atoms. The number of quaternary nitrogens is 1. The van der Waals surface area contributed by atoms with E-state index in [1.54, 1.807) is 0 Å². The van der Waals surface area contributed by atoms with Crippen LogP contribution in [0.4, 0.5) is 0 Å². The lowest BCUT2D eigenvalue weighted by Gasteiger charge is -2.32. The highest BCUT2D eigenvalue weighted by Gasteiger charge is 2.21. The van der Waals surface area contributed by atoms with E-state index >= 15 is 0 Å². The van der Waals surface area contributed by atoms with Gasteiger partial charge in [-0.2, -0.15) is 0 Å². The van der Waals surface area contributed by atoms with E-state index in [0.29, 0.717) is 6.04 Å². The lowest BCUT2D eigenvalue weighted by atomic mass is 10.1. The van der Waals surface area contributed by atoms with Crippen LogP contribution in [0.2, 0.25) is 0 Å². The molecule has 0 heterocycles. The smallest absolute Gasteiger partial charge is 0.133 e. The van der Waals surface area contributed by atoms with Crippen molar-refractivity contribution < 1.29 is 25.1 Å². The van der Waals surface area contributed by atoms with Gasteiger partial charge in [0.1, 0.15) is 6.04 Å². The second kappa shape index (κ2) is 7.41. The van der Waals surface area contributed by atoms with Crippen molar-refractivity contribution in [2.24, 2.45) is 0 Å². The first-order valence-corrected chi connectivity index (χ1v) is 5.47. The molecular weight excluding hydrogens is 226 g/mol. The summed E-state index contributed by atoms with van der Waals surface area (Å²) in [4.78, 5) is 0. The minimum absolute atomic E-state index is 0.376. The van der Waals surface area contributed by atoms with E-state index in [2.05, 4.69) is 52.0 Å². The van der Waals surface area contributed by atoms with Gasteiger partial charge in [0.25, 0.3) is 0 Å². The average molecular weight is 244 g/mol. The quantitative estimate of drug-likeness (QED) is 0.564. The third-order valence-corrected chi connectivity index (χ3v) is 2.20. The monoisotopic (exact) mass is 243 g/mol. The Hall–Kier alpha value is -0.870. The maximum atomic E-state index is 8.24. The van der Waals surface area contributed by atoms with Gasteiger partial charge in [-0.25, -0.2) is 0 Å². The molecule has 1 aromatic rings. The van der Waals surface area contributed by atoms with Gasteiger partial charge in [-0.05, 0) is 6.08 Å². The standard InChI is InChI=1S/C12H18N.ClO2/c1-5-12(13(2,3)4)11-9-7-6-8-10-11;2-1-3/h5-10,12H,1H2,2-4H3;/q+1;-1. The summed E-state index contributed by atoms with van der Waals surface area (Å²) in [6, 6.07) is 10.9. The Bertz CT molecular complexity index is 296. The van der Waals surface area contributed by atoms with Crippen LogP contribution < -0.4 is 9.32 Å². The number of hydrogen-bond donors (Lipinski definition) is 0. The fraction of sp³-hybridized carbons (Fsp3) is 0.333. The molecule has 0 saturated heterocycles. The molecule has 1 atom stereocenters. The van der Waals surface area contributed by atoms with Gasteiger partial charge in [0.2, 0.25) is 0 Å². The Labute approximate surface area is 101 Å². The van der Waals surface area contributed by atoms with E-state index in [1.165, 1.54) is 5.56 Å². The topological polar surface area (TPSA) is 46.1 Å². The van der Waals surface area contributed by atoms with Crippen LogP contribution in [0.5, 0.6) is 0 Å². The molecule has 90 valence electrons. The van der Waals surface area contributed by atoms with Crippen molar-refractivity contribution in [2.45, 2.75) is 6.04 Å². The van der Waals surface area contributed by atoms with E-state index in [4.69, 9.17) is 9.32 Å². The normalized spacial score (nSPS) is 12.3. The highest BCUT2D eigenvalue weighted by Crippen LogP contribution is 2.23. The van der Waals surface area contributed by atoms with Gasteiger partial charge >= 0.3 is 0 Å². The molecule has 0 N–H and O–H groups in total. The Morgan fingerprint density at radius 2 is 1.62 bits per heavy atom. The zero-order chi connectivity index (χ0) is 12.6. The van der Waals surface area contributed by atoms with Crippen LogP contribution in [0.1, 0.15) is 11.6 Å². The largest absolute Gasteiger partial charge is 0.544 e. The molecule has 16 heavy (non-hydrogen) atoms. The molecule has 0 radical (unpaired) electrons. The maximum absolute atomic E-state index is 8.24. The number of rotatable bonds is 3. The molecule has 0 amide bonds. The van der Waals surface area contributed by atoms with Crippen LogP contribution in [0.3, 0.4) is 0 Å². The minimum atomic E-state index is -0.417. The first-order valence-electron chi connectivity index (χ1n) is 4.85. The molecule has 1 unspecified atom stereocenters. The molecule has 4 heteroatoms. The Balaban J connectivity index is 0.000000673. The molecule has 0 aliphatic rings. The Kier molecular flexibility index (Phi) is 7.01. The van der Waals surface area contributed by atoms with Gasteiger partial charge in [0.05, 0.1) is 32.5 Å². The van der Waals surface area contributed by atoms with Gasteiger partial charge in [-0.3, -0.25) is 0 Å². The lowest BCUT2D eigenvalue weighted by Crippen LogP contribution is -2.37. The third-order valence-electron chi connectivity index (χ3n) is 2.20. The molecule has 0 bridgehead atoms. The summed E-state index contributed by atoms with van der Waals surface area (Å²) in [7, 11) is 6.54. The summed E-state index contributed by atoms with van der Waals surface area (Å²) in [6.45, 7) is 3.89. The van der Waals surface area contributed by atoms with Gasteiger partial charge in [0.15, 0.2) is 0 Å². The highest BCUT2D eigenvalue weighted by molar-refractivity contribution is 5.20. The third kappa shape index (κ3) is 5.28. The van der Waals surface area contributed by atoms with E-state index in [9.17, 15) is 0 Å². The molecule has 0 fully saturated rings. The summed E-state index contributed by atoms with van der Waals surface area (Å²) in [5.74, 6) is 0. The Morgan fingerprint density at radius 1 is 1.19 bits per heavy atom. The van der Waals surface area contributed by atoms with Crippen LogP contribution in [0.15, 0.2) is 43.0 Å². The van der Waals surface area contributed by atoms with E-state index in [-0.39, 0.29) is 0 Å². The van der Waals surface area contributed by atoms with Gasteiger partial charge in [-0.1, -0.05) is 36.9 Å². The van der Waals surface area contributed by atoms with Crippen molar-refractivity contribution in [3.8, 4) is 0 Å². The predicted molar refractivity (Wildman–Crippen MR) is 57.4 cm³/mol. The zero-order valence-electron chi connectivity index (χ0n) is 9.89. The molecule has 0 aliphatic carbocycles. The fourth-order valence-electron chi connectivity index (χ4n) is 1.55. The van der Waals surface area contributed by atoms with E-state index in [0.717, 1.165) is 4.48 Å². The number of likely N-dealkylation sites (N-methyl/N-ethyl adjacent to an activating group) is 1. The van der Waals surface area contributed by atoms with Crippen LogP contribution in [-0.4, -0.2) is 25.6 Å². The first-order chi connectivity index (χ1) is 7.47. The summed E-state index contributed by atoms with van der Waals surface area (Å²) >= 11 is -0.417. The molecule has 0 aromatic heterocycles. The van der Waals surface area contributed by atoms with Crippen molar-refractivity contribution >= 4 is 0 Å². The zero-order valence-corrected chi connectivity index (χ0v) is 10.6. The first kappa shape index (κ1) is 15.1. The van der Waals surface area contributed by atoms with Gasteiger partial charge in [-0.15, -0.1) is 0 Å². The van der Waals surface area contributed by atoms with Crippen molar-refractivity contribution in [1.29, 1.82) is 0 Å². The highest BCUT2D eigenvalue weighted by atomic mass is 35.6. The Morgan fingerprint density at radius 3 is 1.94 bits per heavy atom.